The minimum atomic E-state index is -0.711. The third kappa shape index (κ3) is 6.54. The van der Waals surface area contributed by atoms with Crippen molar-refractivity contribution in [1.29, 1.82) is 0 Å². The number of benzene rings is 2. The smallest absolute Gasteiger partial charge is 0.261 e. The lowest BCUT2D eigenvalue weighted by molar-refractivity contribution is -0.142. The third-order valence-corrected chi connectivity index (χ3v) is 5.08. The van der Waals surface area contributed by atoms with Crippen molar-refractivity contribution >= 4 is 35.0 Å². The number of carbonyl (C=O) groups is 2. The third-order valence-electron chi connectivity index (χ3n) is 4.49. The molecule has 0 aliphatic carbocycles. The van der Waals surface area contributed by atoms with Crippen LogP contribution in [0.5, 0.6) is 11.5 Å². The van der Waals surface area contributed by atoms with Crippen LogP contribution in [-0.2, 0) is 16.1 Å². The van der Waals surface area contributed by atoms with Crippen LogP contribution in [0.2, 0.25) is 10.0 Å². The minimum absolute atomic E-state index is 0.144. The molecule has 0 heterocycles. The molecule has 2 aromatic carbocycles. The number of ether oxygens (including phenoxy) is 2. The van der Waals surface area contributed by atoms with Crippen LogP contribution in [0.3, 0.4) is 0 Å². The number of methoxy groups -OCH3 is 1. The van der Waals surface area contributed by atoms with E-state index >= 15 is 0 Å². The average molecular weight is 453 g/mol. The highest BCUT2D eigenvalue weighted by atomic mass is 35.5. The number of hydrogen-bond donors (Lipinski definition) is 1. The fraction of sp³-hybridized carbons (Fsp3) is 0.364. The molecule has 8 heteroatoms. The van der Waals surface area contributed by atoms with Crippen molar-refractivity contribution in [2.75, 3.05) is 20.3 Å². The fourth-order valence-corrected chi connectivity index (χ4v) is 3.24. The molecule has 2 aromatic rings. The van der Waals surface area contributed by atoms with Crippen LogP contribution in [0.15, 0.2) is 42.5 Å². The van der Waals surface area contributed by atoms with Crippen molar-refractivity contribution in [2.45, 2.75) is 32.9 Å². The maximum atomic E-state index is 13.0. The van der Waals surface area contributed by atoms with Gasteiger partial charge in [-0.05, 0) is 43.2 Å². The fourth-order valence-electron chi connectivity index (χ4n) is 2.77. The maximum absolute atomic E-state index is 13.0. The van der Waals surface area contributed by atoms with E-state index in [0.29, 0.717) is 33.7 Å². The lowest BCUT2D eigenvalue weighted by atomic mass is 10.1. The van der Waals surface area contributed by atoms with Crippen molar-refractivity contribution in [3.05, 3.63) is 58.1 Å². The van der Waals surface area contributed by atoms with E-state index in [1.807, 2.05) is 13.0 Å². The molecule has 2 amide bonds. The Balaban J connectivity index is 2.20. The molecule has 2 rings (SSSR count). The van der Waals surface area contributed by atoms with Crippen LogP contribution in [-0.4, -0.2) is 43.0 Å². The Hall–Kier alpha value is -2.44. The summed E-state index contributed by atoms with van der Waals surface area (Å²) < 4.78 is 10.9. The number of carbonyl (C=O) groups excluding carboxylic acids is 2. The zero-order valence-corrected chi connectivity index (χ0v) is 18.8. The van der Waals surface area contributed by atoms with E-state index in [9.17, 15) is 9.59 Å². The summed E-state index contributed by atoms with van der Waals surface area (Å²) in [5, 5.41) is 3.74. The molecule has 0 radical (unpaired) electrons. The zero-order valence-electron chi connectivity index (χ0n) is 17.3. The van der Waals surface area contributed by atoms with Crippen molar-refractivity contribution in [2.24, 2.45) is 0 Å². The summed E-state index contributed by atoms with van der Waals surface area (Å²) in [6.45, 7) is 4.06. The molecule has 162 valence electrons. The Kier molecular flexibility index (Phi) is 9.27. The van der Waals surface area contributed by atoms with Crippen LogP contribution in [0.1, 0.15) is 25.8 Å². The predicted molar refractivity (Wildman–Crippen MR) is 118 cm³/mol. The Labute approximate surface area is 187 Å². The van der Waals surface area contributed by atoms with E-state index in [1.54, 1.807) is 43.3 Å². The molecule has 30 heavy (non-hydrogen) atoms. The Bertz CT molecular complexity index is 876. The van der Waals surface area contributed by atoms with Crippen molar-refractivity contribution in [3.8, 4) is 11.5 Å². The molecular weight excluding hydrogens is 427 g/mol. The van der Waals surface area contributed by atoms with Gasteiger partial charge in [0.1, 0.15) is 6.04 Å². The summed E-state index contributed by atoms with van der Waals surface area (Å²) in [6, 6.07) is 11.4. The molecule has 0 aliphatic heterocycles. The van der Waals surface area contributed by atoms with Gasteiger partial charge in [0, 0.05) is 23.1 Å². The van der Waals surface area contributed by atoms with Gasteiger partial charge in [-0.2, -0.15) is 0 Å². The number of nitrogens with one attached hydrogen (secondary N) is 1. The molecular formula is C22H26Cl2N2O4. The summed E-state index contributed by atoms with van der Waals surface area (Å²) in [7, 11) is 1.53. The Morgan fingerprint density at radius 2 is 1.83 bits per heavy atom. The lowest BCUT2D eigenvalue weighted by Crippen LogP contribution is -2.49. The topological polar surface area (TPSA) is 67.9 Å². The van der Waals surface area contributed by atoms with Gasteiger partial charge in [-0.25, -0.2) is 0 Å². The van der Waals surface area contributed by atoms with Crippen LogP contribution in [0.25, 0.3) is 0 Å². The highest BCUT2D eigenvalue weighted by Crippen LogP contribution is 2.26. The van der Waals surface area contributed by atoms with Gasteiger partial charge in [0.2, 0.25) is 5.91 Å². The minimum Gasteiger partial charge on any atom is -0.493 e. The van der Waals surface area contributed by atoms with E-state index in [0.717, 1.165) is 6.42 Å². The first-order valence-electron chi connectivity index (χ1n) is 9.64. The number of nitrogens with zero attached hydrogens (tertiary/aromatic N) is 1. The molecule has 0 bridgehead atoms. The number of amides is 2. The molecule has 1 atom stereocenters. The van der Waals surface area contributed by atoms with Gasteiger partial charge in [-0.3, -0.25) is 9.59 Å². The van der Waals surface area contributed by atoms with Gasteiger partial charge in [0.05, 0.1) is 7.11 Å². The SMILES string of the molecule is CCCNC(=O)[C@H](C)N(Cc1ccc(Cl)cc1Cl)C(=O)COc1ccccc1OC. The van der Waals surface area contributed by atoms with Crippen LogP contribution in [0.4, 0.5) is 0 Å². The largest absolute Gasteiger partial charge is 0.493 e. The van der Waals surface area contributed by atoms with Crippen molar-refractivity contribution < 1.29 is 19.1 Å². The van der Waals surface area contributed by atoms with E-state index < -0.39 is 6.04 Å². The van der Waals surface area contributed by atoms with Gasteiger partial charge in [0.25, 0.3) is 5.91 Å². The second kappa shape index (κ2) is 11.7. The van der Waals surface area contributed by atoms with Gasteiger partial charge < -0.3 is 19.7 Å². The molecule has 0 aromatic heterocycles. The Morgan fingerprint density at radius 3 is 2.47 bits per heavy atom. The van der Waals surface area contributed by atoms with Gasteiger partial charge in [-0.15, -0.1) is 0 Å². The van der Waals surface area contributed by atoms with Crippen LogP contribution < -0.4 is 14.8 Å². The first-order chi connectivity index (χ1) is 14.4. The first-order valence-corrected chi connectivity index (χ1v) is 10.4. The molecule has 0 spiro atoms. The molecule has 0 fully saturated rings. The molecule has 6 nitrogen and oxygen atoms in total. The molecule has 0 unspecified atom stereocenters. The number of halogens is 2. The second-order valence-corrected chi connectivity index (χ2v) is 7.51. The Morgan fingerprint density at radius 1 is 1.13 bits per heavy atom. The quantitative estimate of drug-likeness (QED) is 0.582. The first kappa shape index (κ1) is 23.8. The predicted octanol–water partition coefficient (Wildman–Crippen LogP) is 4.32. The summed E-state index contributed by atoms with van der Waals surface area (Å²) in [4.78, 5) is 27.0. The maximum Gasteiger partial charge on any atom is 0.261 e. The summed E-state index contributed by atoms with van der Waals surface area (Å²) in [5.74, 6) is 0.367. The standard InChI is InChI=1S/C22H26Cl2N2O4/c1-4-11-25-22(28)15(2)26(13-16-9-10-17(23)12-18(16)24)21(27)14-30-20-8-6-5-7-19(20)29-3/h5-10,12,15H,4,11,13-14H2,1-3H3,(H,25,28)/t15-/m0/s1. The summed E-state index contributed by atoms with van der Waals surface area (Å²) >= 11 is 12.3. The highest BCUT2D eigenvalue weighted by molar-refractivity contribution is 6.35. The number of rotatable bonds is 10. The van der Waals surface area contributed by atoms with E-state index in [2.05, 4.69) is 5.32 Å². The number of para-hydroxylation sites is 2. The average Bonchev–Trinajstić information content (AvgIpc) is 2.75. The van der Waals surface area contributed by atoms with E-state index in [1.165, 1.54) is 12.0 Å². The van der Waals surface area contributed by atoms with Gasteiger partial charge in [-0.1, -0.05) is 48.3 Å². The summed E-state index contributed by atoms with van der Waals surface area (Å²) in [5.41, 5.74) is 0.682. The normalized spacial score (nSPS) is 11.5. The zero-order chi connectivity index (χ0) is 22.1. The van der Waals surface area contributed by atoms with Gasteiger partial charge >= 0.3 is 0 Å². The van der Waals surface area contributed by atoms with Gasteiger partial charge in [0.15, 0.2) is 18.1 Å². The van der Waals surface area contributed by atoms with Crippen LogP contribution >= 0.6 is 23.2 Å². The molecule has 0 saturated heterocycles. The monoisotopic (exact) mass is 452 g/mol. The molecule has 0 saturated carbocycles. The molecule has 0 aliphatic rings. The van der Waals surface area contributed by atoms with E-state index in [4.69, 9.17) is 32.7 Å². The lowest BCUT2D eigenvalue weighted by Gasteiger charge is -2.29. The van der Waals surface area contributed by atoms with Crippen molar-refractivity contribution in [3.63, 3.8) is 0 Å². The summed E-state index contributed by atoms with van der Waals surface area (Å²) in [6.07, 6.45) is 0.798. The highest BCUT2D eigenvalue weighted by Gasteiger charge is 2.27. The number of hydrogen-bond acceptors (Lipinski definition) is 4. The van der Waals surface area contributed by atoms with Crippen molar-refractivity contribution in [1.82, 2.24) is 10.2 Å². The van der Waals surface area contributed by atoms with Crippen LogP contribution in [0, 0.1) is 0 Å². The molecule has 1 N–H and O–H groups in total. The van der Waals surface area contributed by atoms with E-state index in [-0.39, 0.29) is 25.0 Å². The second-order valence-electron chi connectivity index (χ2n) is 6.66.